The summed E-state index contributed by atoms with van der Waals surface area (Å²) in [6, 6.07) is 8.03. The Kier molecular flexibility index (Phi) is 5.60. The smallest absolute Gasteiger partial charge is 0.216 e. The van der Waals surface area contributed by atoms with Gasteiger partial charge in [0.05, 0.1) is 10.4 Å². The van der Waals surface area contributed by atoms with Crippen molar-refractivity contribution in [1.29, 1.82) is 5.26 Å². The van der Waals surface area contributed by atoms with Gasteiger partial charge in [0, 0.05) is 17.5 Å². The van der Waals surface area contributed by atoms with Crippen molar-refractivity contribution in [3.05, 3.63) is 41.3 Å². The van der Waals surface area contributed by atoms with Crippen LogP contribution in [0.3, 0.4) is 0 Å². The van der Waals surface area contributed by atoms with E-state index in [1.165, 1.54) is 12.1 Å². The molecule has 0 bridgehead atoms. The highest BCUT2D eigenvalue weighted by molar-refractivity contribution is 7.90. The summed E-state index contributed by atoms with van der Waals surface area (Å²) in [6.45, 7) is 5.05. The lowest BCUT2D eigenvalue weighted by Crippen LogP contribution is -2.45. The second kappa shape index (κ2) is 7.64. The van der Waals surface area contributed by atoms with Crippen LogP contribution in [0, 0.1) is 17.1 Å². The van der Waals surface area contributed by atoms with Gasteiger partial charge in [-0.2, -0.15) is 10.4 Å². The number of H-pyrrole nitrogens is 1. The van der Waals surface area contributed by atoms with Crippen LogP contribution in [0.2, 0.25) is 0 Å². The molecule has 1 aromatic carbocycles. The van der Waals surface area contributed by atoms with E-state index in [1.54, 1.807) is 32.9 Å². The molecule has 150 valence electrons. The average molecular weight is 405 g/mol. The Hall–Kier alpha value is -2.24. The van der Waals surface area contributed by atoms with Gasteiger partial charge < -0.3 is 0 Å². The molecule has 0 radical (unpaired) electrons. The summed E-state index contributed by atoms with van der Waals surface area (Å²) in [7, 11) is -3.38. The number of hydrogen-bond acceptors (Lipinski definition) is 4. The van der Waals surface area contributed by atoms with Crippen molar-refractivity contribution in [2.75, 3.05) is 0 Å². The van der Waals surface area contributed by atoms with Crippen LogP contribution < -0.4 is 4.72 Å². The molecule has 1 heterocycles. The van der Waals surface area contributed by atoms with E-state index in [4.69, 9.17) is 0 Å². The third kappa shape index (κ3) is 4.10. The summed E-state index contributed by atoms with van der Waals surface area (Å²) in [4.78, 5) is 0. The molecular formula is C20H25FN4O2S. The van der Waals surface area contributed by atoms with Crippen LogP contribution >= 0.6 is 0 Å². The van der Waals surface area contributed by atoms with Crippen LogP contribution in [0.1, 0.15) is 63.6 Å². The van der Waals surface area contributed by atoms with Gasteiger partial charge in [0.2, 0.25) is 10.0 Å². The molecule has 3 rings (SSSR count). The summed E-state index contributed by atoms with van der Waals surface area (Å²) in [5.41, 5.74) is 2.46. The maximum absolute atomic E-state index is 13.2. The third-order valence-corrected chi connectivity index (χ3v) is 7.54. The number of aromatic nitrogens is 2. The third-order valence-electron chi connectivity index (χ3n) is 5.29. The fourth-order valence-corrected chi connectivity index (χ4v) is 4.50. The first-order valence-electron chi connectivity index (χ1n) is 9.38. The van der Waals surface area contributed by atoms with E-state index in [-0.39, 0.29) is 17.8 Å². The summed E-state index contributed by atoms with van der Waals surface area (Å²) < 4.78 is 39.9. The van der Waals surface area contributed by atoms with Crippen LogP contribution in [-0.2, 0) is 10.0 Å². The predicted octanol–water partition coefficient (Wildman–Crippen LogP) is 3.83. The molecule has 6 nitrogen and oxygen atoms in total. The number of aromatic amines is 1. The minimum absolute atomic E-state index is 0.0921. The second-order valence-electron chi connectivity index (χ2n) is 8.26. The average Bonchev–Trinajstić information content (AvgIpc) is 3.05. The number of benzene rings is 1. The number of hydrogen-bond donors (Lipinski definition) is 2. The lowest BCUT2D eigenvalue weighted by molar-refractivity contribution is 0.366. The van der Waals surface area contributed by atoms with Crippen LogP contribution in [0.5, 0.6) is 0 Å². The van der Waals surface area contributed by atoms with Crippen molar-refractivity contribution in [2.24, 2.45) is 0 Å². The van der Waals surface area contributed by atoms with Crippen molar-refractivity contribution < 1.29 is 12.8 Å². The number of halogens is 1. The number of nitriles is 1. The summed E-state index contributed by atoms with van der Waals surface area (Å²) in [5.74, 6) is -0.221. The largest absolute Gasteiger partial charge is 0.280 e. The zero-order valence-corrected chi connectivity index (χ0v) is 17.1. The van der Waals surface area contributed by atoms with Gasteiger partial charge in [0.1, 0.15) is 23.1 Å². The van der Waals surface area contributed by atoms with Gasteiger partial charge in [-0.15, -0.1) is 0 Å². The number of nitrogens with zero attached hydrogens (tertiary/aromatic N) is 2. The van der Waals surface area contributed by atoms with Gasteiger partial charge in [-0.3, -0.25) is 5.10 Å². The molecule has 0 amide bonds. The highest BCUT2D eigenvalue weighted by Gasteiger charge is 2.34. The van der Waals surface area contributed by atoms with E-state index >= 15 is 0 Å². The molecule has 8 heteroatoms. The molecule has 0 atom stereocenters. The van der Waals surface area contributed by atoms with Gasteiger partial charge in [-0.05, 0) is 70.7 Å². The zero-order chi connectivity index (χ0) is 20.5. The van der Waals surface area contributed by atoms with Crippen molar-refractivity contribution in [3.8, 4) is 17.3 Å². The van der Waals surface area contributed by atoms with Crippen LogP contribution in [0.4, 0.5) is 4.39 Å². The van der Waals surface area contributed by atoms with E-state index in [9.17, 15) is 18.1 Å². The predicted molar refractivity (Wildman–Crippen MR) is 106 cm³/mol. The Morgan fingerprint density at radius 2 is 1.79 bits per heavy atom. The van der Waals surface area contributed by atoms with Gasteiger partial charge >= 0.3 is 0 Å². The highest BCUT2D eigenvalue weighted by atomic mass is 32.2. The lowest BCUT2D eigenvalue weighted by Gasteiger charge is -2.31. The minimum Gasteiger partial charge on any atom is -0.280 e. The second-order valence-corrected chi connectivity index (χ2v) is 10.7. The van der Waals surface area contributed by atoms with Crippen LogP contribution in [-0.4, -0.2) is 29.4 Å². The number of nitrogens with one attached hydrogen (secondary N) is 2. The van der Waals surface area contributed by atoms with E-state index in [1.807, 2.05) is 0 Å². The Morgan fingerprint density at radius 1 is 1.18 bits per heavy atom. The summed E-state index contributed by atoms with van der Waals surface area (Å²) in [6.07, 6.45) is 2.93. The van der Waals surface area contributed by atoms with E-state index in [0.717, 1.165) is 18.5 Å². The minimum atomic E-state index is -3.38. The molecule has 1 aliphatic rings. The van der Waals surface area contributed by atoms with E-state index in [2.05, 4.69) is 21.0 Å². The Labute approximate surface area is 165 Å². The topological polar surface area (TPSA) is 98.6 Å². The quantitative estimate of drug-likeness (QED) is 0.809. The molecule has 1 aliphatic carbocycles. The van der Waals surface area contributed by atoms with Crippen molar-refractivity contribution >= 4 is 10.0 Å². The van der Waals surface area contributed by atoms with Gasteiger partial charge in [0.15, 0.2) is 0 Å². The van der Waals surface area contributed by atoms with E-state index in [0.29, 0.717) is 29.7 Å². The monoisotopic (exact) mass is 404 g/mol. The zero-order valence-electron chi connectivity index (χ0n) is 16.3. The summed E-state index contributed by atoms with van der Waals surface area (Å²) in [5, 5.41) is 16.9. The molecular weight excluding hydrogens is 379 g/mol. The molecule has 1 saturated carbocycles. The van der Waals surface area contributed by atoms with Crippen LogP contribution in [0.15, 0.2) is 24.3 Å². The van der Waals surface area contributed by atoms with Crippen molar-refractivity contribution in [2.45, 2.75) is 63.2 Å². The highest BCUT2D eigenvalue weighted by Crippen LogP contribution is 2.36. The van der Waals surface area contributed by atoms with E-state index < -0.39 is 14.8 Å². The molecule has 0 spiro atoms. The maximum atomic E-state index is 13.2. The molecule has 1 aromatic heterocycles. The molecule has 0 saturated heterocycles. The Morgan fingerprint density at radius 3 is 2.32 bits per heavy atom. The molecule has 1 fully saturated rings. The molecule has 0 aliphatic heterocycles. The first-order chi connectivity index (χ1) is 13.1. The molecule has 2 N–H and O–H groups in total. The van der Waals surface area contributed by atoms with Crippen molar-refractivity contribution in [3.63, 3.8) is 0 Å². The maximum Gasteiger partial charge on any atom is 0.216 e. The Balaban J connectivity index is 1.73. The Bertz CT molecular complexity index is 977. The SMILES string of the molecule is CC(C)(C)S(=O)(=O)N[C@H]1CC[C@H](c2[nH]nc(-c3ccc(F)cc3)c2C#N)CC1. The normalized spacial score (nSPS) is 20.7. The first-order valence-corrected chi connectivity index (χ1v) is 10.9. The fourth-order valence-electron chi connectivity index (χ4n) is 3.48. The fraction of sp³-hybridized carbons (Fsp3) is 0.500. The molecule has 28 heavy (non-hydrogen) atoms. The van der Waals surface area contributed by atoms with Gasteiger partial charge in [0.25, 0.3) is 0 Å². The number of rotatable bonds is 4. The van der Waals surface area contributed by atoms with Crippen LogP contribution in [0.25, 0.3) is 11.3 Å². The lowest BCUT2D eigenvalue weighted by atomic mass is 9.83. The van der Waals surface area contributed by atoms with Crippen molar-refractivity contribution in [1.82, 2.24) is 14.9 Å². The first kappa shape index (κ1) is 20.5. The standard InChI is InChI=1S/C20H25FN4O2S/c1-20(2,3)28(26,27)25-16-10-6-14(7-11-16)19-17(12-22)18(23-24-19)13-4-8-15(21)9-5-13/h4-5,8-9,14,16,25H,6-7,10-11H2,1-3H3,(H,23,24)/t14-,16-. The van der Waals surface area contributed by atoms with Gasteiger partial charge in [-0.25, -0.2) is 17.5 Å². The molecule has 2 aromatic rings. The van der Waals surface area contributed by atoms with Gasteiger partial charge in [-0.1, -0.05) is 0 Å². The molecule has 0 unspecified atom stereocenters. The number of sulfonamides is 1. The summed E-state index contributed by atoms with van der Waals surface area (Å²) >= 11 is 0.